The van der Waals surface area contributed by atoms with Gasteiger partial charge in [0.25, 0.3) is 0 Å². The molecule has 6 nitrogen and oxygen atoms in total. The van der Waals surface area contributed by atoms with Crippen molar-refractivity contribution in [3.05, 3.63) is 69.9 Å². The monoisotopic (exact) mass is 611 g/mol. The van der Waals surface area contributed by atoms with Crippen LogP contribution in [0.4, 0.5) is 5.69 Å². The highest BCUT2D eigenvalue weighted by molar-refractivity contribution is 6.75. The van der Waals surface area contributed by atoms with Gasteiger partial charge in [0.2, 0.25) is 25.8 Å². The fourth-order valence-electron chi connectivity index (χ4n) is 4.05. The zero-order chi connectivity index (χ0) is 31.0. The molecule has 9 heteroatoms. The summed E-state index contributed by atoms with van der Waals surface area (Å²) < 4.78 is 19.6. The van der Waals surface area contributed by atoms with Crippen molar-refractivity contribution >= 4 is 33.9 Å². The second-order valence-corrected chi connectivity index (χ2v) is 23.9. The van der Waals surface area contributed by atoms with Gasteiger partial charge in [0.05, 0.1) is 23.6 Å². The van der Waals surface area contributed by atoms with Crippen LogP contribution in [0.25, 0.3) is 16.3 Å². The van der Waals surface area contributed by atoms with E-state index >= 15 is 0 Å². The number of halogens is 1. The third kappa shape index (κ3) is 7.50. The summed E-state index contributed by atoms with van der Waals surface area (Å²) in [4.78, 5) is 3.55. The van der Waals surface area contributed by atoms with Gasteiger partial charge in [0, 0.05) is 5.56 Å². The van der Waals surface area contributed by atoms with Gasteiger partial charge in [-0.25, -0.2) is 4.85 Å². The summed E-state index contributed by atoms with van der Waals surface area (Å²) >= 11 is 6.54. The smallest absolute Gasteiger partial charge is 0.250 e. The van der Waals surface area contributed by atoms with E-state index in [0.717, 1.165) is 22.4 Å². The van der Waals surface area contributed by atoms with Crippen molar-refractivity contribution in [3.8, 4) is 17.2 Å². The number of benzene rings is 2. The average Bonchev–Trinajstić information content (AvgIpc) is 3.33. The fourth-order valence-corrected chi connectivity index (χ4v) is 6.75. The lowest BCUT2D eigenvalue weighted by Gasteiger charge is -2.40. The van der Waals surface area contributed by atoms with E-state index in [9.17, 15) is 0 Å². The van der Waals surface area contributed by atoms with E-state index in [1.54, 1.807) is 6.07 Å². The lowest BCUT2D eigenvalue weighted by atomic mass is 9.92. The Morgan fingerprint density at radius 3 is 2.05 bits per heavy atom. The molecule has 0 aliphatic carbocycles. The van der Waals surface area contributed by atoms with Gasteiger partial charge in [-0.15, -0.1) is 10.2 Å². The van der Waals surface area contributed by atoms with Crippen molar-refractivity contribution in [2.45, 2.75) is 110 Å². The first-order valence-corrected chi connectivity index (χ1v) is 20.4. The Morgan fingerprint density at radius 1 is 0.927 bits per heavy atom. The maximum absolute atomic E-state index is 7.41. The standard InChI is InChI=1S/C32H46ClN3O3Si2/c1-21-24(16-19-27(34-9)28(21)33)20-26(22(2)38-40(10,11)31(3,4)5)30-36-35-29(37-30)23-14-17-25(18-15-23)39-41(12,13)32(6,7)8/h14-19,22,26H,20H2,1-8,10-13H3/t22-,26+/m0/s1. The molecule has 0 amide bonds. The number of hydrogen-bond donors (Lipinski definition) is 0. The molecule has 0 saturated carbocycles. The van der Waals surface area contributed by atoms with Crippen LogP contribution in [0.3, 0.4) is 0 Å². The molecule has 0 aliphatic heterocycles. The van der Waals surface area contributed by atoms with E-state index in [1.165, 1.54) is 0 Å². The largest absolute Gasteiger partial charge is 0.544 e. The number of rotatable bonds is 9. The van der Waals surface area contributed by atoms with Gasteiger partial charge in [0.1, 0.15) is 5.75 Å². The molecule has 1 heterocycles. The van der Waals surface area contributed by atoms with E-state index in [2.05, 4.69) is 89.7 Å². The van der Waals surface area contributed by atoms with Crippen molar-refractivity contribution in [2.75, 3.05) is 0 Å². The van der Waals surface area contributed by atoms with Gasteiger partial charge in [-0.1, -0.05) is 65.3 Å². The number of hydrogen-bond acceptors (Lipinski definition) is 5. The summed E-state index contributed by atoms with van der Waals surface area (Å²) in [6.45, 7) is 33.8. The highest BCUT2D eigenvalue weighted by atomic mass is 35.5. The summed E-state index contributed by atoms with van der Waals surface area (Å²) in [5, 5.41) is 9.60. The molecule has 0 radical (unpaired) electrons. The maximum atomic E-state index is 7.41. The minimum atomic E-state index is -2.08. The van der Waals surface area contributed by atoms with Crippen LogP contribution in [0.5, 0.6) is 5.75 Å². The quantitative estimate of drug-likeness (QED) is 0.178. The van der Waals surface area contributed by atoms with E-state index in [4.69, 9.17) is 31.4 Å². The molecule has 0 saturated heterocycles. The molecule has 0 aliphatic rings. The fraction of sp³-hybridized carbons (Fsp3) is 0.531. The predicted octanol–water partition coefficient (Wildman–Crippen LogP) is 10.4. The van der Waals surface area contributed by atoms with Crippen LogP contribution < -0.4 is 4.43 Å². The summed E-state index contributed by atoms with van der Waals surface area (Å²) in [5.41, 5.74) is 3.21. The molecule has 2 atom stereocenters. The SMILES string of the molecule is [C-]#[N+]c1ccc(C[C@@H](c2nnc(-c3ccc(O[Si](C)(C)C(C)(C)C)cc3)o2)[C@H](C)O[Si](C)(C)C(C)(C)C)c(C)c1Cl. The highest BCUT2D eigenvalue weighted by Crippen LogP contribution is 2.41. The summed E-state index contributed by atoms with van der Waals surface area (Å²) in [7, 11) is -4.02. The third-order valence-electron chi connectivity index (χ3n) is 8.93. The van der Waals surface area contributed by atoms with Gasteiger partial charge in [-0.3, -0.25) is 0 Å². The molecule has 0 N–H and O–H groups in total. The Morgan fingerprint density at radius 2 is 1.51 bits per heavy atom. The lowest BCUT2D eigenvalue weighted by molar-refractivity contribution is 0.154. The van der Waals surface area contributed by atoms with Crippen LogP contribution in [0.2, 0.25) is 41.3 Å². The molecule has 3 rings (SSSR count). The van der Waals surface area contributed by atoms with Gasteiger partial charge in [-0.05, 0) is 91.9 Å². The Kier molecular flexibility index (Phi) is 9.71. The maximum Gasteiger partial charge on any atom is 0.250 e. The van der Waals surface area contributed by atoms with Crippen LogP contribution >= 0.6 is 11.6 Å². The topological polar surface area (TPSA) is 61.7 Å². The average molecular weight is 612 g/mol. The van der Waals surface area contributed by atoms with Crippen molar-refractivity contribution < 1.29 is 13.3 Å². The third-order valence-corrected chi connectivity index (χ3v) is 18.3. The first kappa shape index (κ1) is 33.1. The first-order valence-electron chi connectivity index (χ1n) is 14.2. The Labute approximate surface area is 253 Å². The molecule has 0 spiro atoms. The summed E-state index contributed by atoms with van der Waals surface area (Å²) in [5.74, 6) is 1.64. The minimum absolute atomic E-state index is 0.0521. The van der Waals surface area contributed by atoms with Crippen molar-refractivity contribution in [1.29, 1.82) is 0 Å². The Balaban J connectivity index is 1.95. The van der Waals surface area contributed by atoms with Crippen molar-refractivity contribution in [1.82, 2.24) is 10.2 Å². The molecular weight excluding hydrogens is 566 g/mol. The lowest BCUT2D eigenvalue weighted by Crippen LogP contribution is -2.44. The molecule has 2 aromatic carbocycles. The molecule has 0 bridgehead atoms. The molecule has 0 fully saturated rings. The van der Waals surface area contributed by atoms with Gasteiger partial charge in [0.15, 0.2) is 8.32 Å². The number of aromatic nitrogens is 2. The van der Waals surface area contributed by atoms with Crippen LogP contribution in [-0.2, 0) is 10.8 Å². The van der Waals surface area contributed by atoms with Crippen LogP contribution in [0.15, 0.2) is 40.8 Å². The van der Waals surface area contributed by atoms with Crippen LogP contribution in [-0.4, -0.2) is 32.9 Å². The second kappa shape index (κ2) is 12.0. The van der Waals surface area contributed by atoms with Gasteiger partial charge < -0.3 is 13.3 Å². The highest BCUT2D eigenvalue weighted by Gasteiger charge is 2.41. The molecular formula is C32H46ClN3O3Si2. The first-order chi connectivity index (χ1) is 18.8. The summed E-state index contributed by atoms with van der Waals surface area (Å²) in [6.07, 6.45) is 0.420. The molecule has 0 unspecified atom stereocenters. The summed E-state index contributed by atoms with van der Waals surface area (Å²) in [6, 6.07) is 11.6. The van der Waals surface area contributed by atoms with Gasteiger partial charge >= 0.3 is 0 Å². The Bertz CT molecular complexity index is 1400. The van der Waals surface area contributed by atoms with Crippen molar-refractivity contribution in [2.24, 2.45) is 0 Å². The zero-order valence-corrected chi connectivity index (χ0v) is 29.5. The van der Waals surface area contributed by atoms with E-state index < -0.39 is 16.6 Å². The minimum Gasteiger partial charge on any atom is -0.544 e. The predicted molar refractivity (Wildman–Crippen MR) is 174 cm³/mol. The second-order valence-electron chi connectivity index (χ2n) is 14.0. The van der Waals surface area contributed by atoms with E-state index in [0.29, 0.717) is 28.9 Å². The molecule has 3 aromatic rings. The zero-order valence-electron chi connectivity index (χ0n) is 26.8. The number of nitrogens with zero attached hydrogens (tertiary/aromatic N) is 3. The van der Waals surface area contributed by atoms with Crippen LogP contribution in [0.1, 0.15) is 71.4 Å². The molecule has 41 heavy (non-hydrogen) atoms. The van der Waals surface area contributed by atoms with Crippen molar-refractivity contribution in [3.63, 3.8) is 0 Å². The van der Waals surface area contributed by atoms with Gasteiger partial charge in [-0.2, -0.15) is 0 Å². The normalized spacial score (nSPS) is 14.4. The van der Waals surface area contributed by atoms with E-state index in [-0.39, 0.29) is 22.1 Å². The molecule has 1 aromatic heterocycles. The van der Waals surface area contributed by atoms with Crippen LogP contribution in [0, 0.1) is 13.5 Å². The van der Waals surface area contributed by atoms with E-state index in [1.807, 2.05) is 37.3 Å². The molecule has 222 valence electrons. The Hall–Kier alpha value is -2.45.